The molecule has 0 spiro atoms. The van der Waals surface area contributed by atoms with Crippen LogP contribution < -0.4 is 0 Å². The minimum Gasteiger partial charge on any atom is -0.164 e. The van der Waals surface area contributed by atoms with Crippen LogP contribution in [0.1, 0.15) is 43.6 Å². The van der Waals surface area contributed by atoms with E-state index in [4.69, 9.17) is 0 Å². The number of aromatic nitrogens is 2. The largest absolute Gasteiger partial charge is 0.445 e. The smallest absolute Gasteiger partial charge is 0.164 e. The topological polar surface area (TPSA) is 25.8 Å². The van der Waals surface area contributed by atoms with Crippen molar-refractivity contribution in [2.24, 2.45) is 0 Å². The van der Waals surface area contributed by atoms with Gasteiger partial charge >= 0.3 is 6.18 Å². The van der Waals surface area contributed by atoms with Crippen molar-refractivity contribution in [1.29, 1.82) is 0 Å². The van der Waals surface area contributed by atoms with Crippen molar-refractivity contribution in [3.05, 3.63) is 10.0 Å². The van der Waals surface area contributed by atoms with Crippen LogP contribution in [0.25, 0.3) is 0 Å². The summed E-state index contributed by atoms with van der Waals surface area (Å²) < 4.78 is 35.9. The van der Waals surface area contributed by atoms with Crippen molar-refractivity contribution in [2.75, 3.05) is 0 Å². The van der Waals surface area contributed by atoms with Crippen molar-refractivity contribution >= 4 is 11.3 Å². The zero-order valence-corrected chi connectivity index (χ0v) is 9.33. The summed E-state index contributed by atoms with van der Waals surface area (Å²) in [6, 6.07) is 0. The van der Waals surface area contributed by atoms with Crippen LogP contribution in [0.4, 0.5) is 13.2 Å². The van der Waals surface area contributed by atoms with Crippen LogP contribution in [0.15, 0.2) is 0 Å². The summed E-state index contributed by atoms with van der Waals surface area (Å²) in [7, 11) is 0. The van der Waals surface area contributed by atoms with Gasteiger partial charge in [0, 0.05) is 5.92 Å². The molecular formula is C8H13F3N2S. The van der Waals surface area contributed by atoms with Crippen LogP contribution in [-0.2, 0) is 6.18 Å². The Morgan fingerprint density at radius 3 is 1.86 bits per heavy atom. The fourth-order valence-corrected chi connectivity index (χ4v) is 1.30. The summed E-state index contributed by atoms with van der Waals surface area (Å²) in [5, 5.41) is 6.03. The minimum atomic E-state index is -4.36. The Hall–Kier alpha value is -0.650. The third kappa shape index (κ3) is 3.61. The Balaban J connectivity index is 0.000000791. The lowest BCUT2D eigenvalue weighted by atomic mass is 10.2. The molecule has 0 aliphatic carbocycles. The molecule has 0 fully saturated rings. The van der Waals surface area contributed by atoms with E-state index in [-0.39, 0.29) is 5.92 Å². The summed E-state index contributed by atoms with van der Waals surface area (Å²) >= 11 is 0.601. The predicted molar refractivity (Wildman–Crippen MR) is 50.3 cm³/mol. The van der Waals surface area contributed by atoms with Gasteiger partial charge in [0.1, 0.15) is 5.01 Å². The van der Waals surface area contributed by atoms with Gasteiger partial charge in [0.2, 0.25) is 5.01 Å². The summed E-state index contributed by atoms with van der Waals surface area (Å²) in [6.45, 7) is 7.56. The Labute approximate surface area is 85.2 Å². The van der Waals surface area contributed by atoms with E-state index in [2.05, 4.69) is 10.2 Å². The molecule has 0 radical (unpaired) electrons. The van der Waals surface area contributed by atoms with Crippen LogP contribution in [-0.4, -0.2) is 10.2 Å². The van der Waals surface area contributed by atoms with E-state index in [0.717, 1.165) is 0 Å². The lowest BCUT2D eigenvalue weighted by Gasteiger charge is -1.98. The van der Waals surface area contributed by atoms with Gasteiger partial charge in [-0.15, -0.1) is 10.2 Å². The number of alkyl halides is 3. The molecule has 2 nitrogen and oxygen atoms in total. The van der Waals surface area contributed by atoms with E-state index in [0.29, 0.717) is 16.3 Å². The van der Waals surface area contributed by atoms with Gasteiger partial charge in [-0.05, 0) is 0 Å². The van der Waals surface area contributed by atoms with E-state index in [1.807, 2.05) is 13.8 Å². The zero-order valence-electron chi connectivity index (χ0n) is 8.51. The number of rotatable bonds is 1. The average Bonchev–Trinajstić information content (AvgIpc) is 2.54. The molecule has 82 valence electrons. The average molecular weight is 226 g/mol. The third-order valence-corrected chi connectivity index (χ3v) is 2.45. The molecule has 1 heterocycles. The highest BCUT2D eigenvalue weighted by Gasteiger charge is 2.35. The molecule has 0 aromatic carbocycles. The second kappa shape index (κ2) is 5.29. The summed E-state index contributed by atoms with van der Waals surface area (Å²) in [5.74, 6) is -0.00130. The molecule has 1 rings (SSSR count). The van der Waals surface area contributed by atoms with E-state index < -0.39 is 11.2 Å². The quantitative estimate of drug-likeness (QED) is 0.729. The van der Waals surface area contributed by atoms with Gasteiger partial charge in [-0.1, -0.05) is 39.0 Å². The number of halogens is 3. The second-order valence-electron chi connectivity index (χ2n) is 2.60. The van der Waals surface area contributed by atoms with Crippen molar-refractivity contribution in [1.82, 2.24) is 10.2 Å². The summed E-state index contributed by atoms with van der Waals surface area (Å²) in [4.78, 5) is 0. The van der Waals surface area contributed by atoms with Crippen molar-refractivity contribution in [2.45, 2.75) is 39.8 Å². The molecule has 0 N–H and O–H groups in total. The van der Waals surface area contributed by atoms with Crippen LogP contribution in [0, 0.1) is 0 Å². The maximum Gasteiger partial charge on any atom is 0.445 e. The second-order valence-corrected chi connectivity index (χ2v) is 3.61. The normalized spacial score (nSPS) is 11.1. The fraction of sp³-hybridized carbons (Fsp3) is 0.750. The first-order chi connectivity index (χ1) is 6.41. The monoisotopic (exact) mass is 226 g/mol. The number of hydrogen-bond acceptors (Lipinski definition) is 3. The van der Waals surface area contributed by atoms with Gasteiger partial charge in [0.05, 0.1) is 0 Å². The summed E-state index contributed by atoms with van der Waals surface area (Å²) in [5.41, 5.74) is 0. The van der Waals surface area contributed by atoms with E-state index in [1.54, 1.807) is 13.8 Å². The Morgan fingerprint density at radius 2 is 1.64 bits per heavy atom. The van der Waals surface area contributed by atoms with Crippen molar-refractivity contribution in [3.8, 4) is 0 Å². The predicted octanol–water partition coefficient (Wildman–Crippen LogP) is 3.71. The Kier molecular flexibility index (Phi) is 5.04. The van der Waals surface area contributed by atoms with Gasteiger partial charge in [0.15, 0.2) is 0 Å². The molecule has 6 heteroatoms. The lowest BCUT2D eigenvalue weighted by Crippen LogP contribution is -2.03. The SMILES string of the molecule is CC.CC(C)c1nnc(C(F)(F)F)s1. The van der Waals surface area contributed by atoms with Crippen LogP contribution >= 0.6 is 11.3 Å². The Bertz CT molecular complexity index is 268. The van der Waals surface area contributed by atoms with Gasteiger partial charge in [-0.2, -0.15) is 13.2 Å². The standard InChI is InChI=1S/C6H7F3N2S.C2H6/c1-3(2)4-10-11-5(12-4)6(7,8)9;1-2/h3H,1-2H3;1-2H3. The highest BCUT2D eigenvalue weighted by Crippen LogP contribution is 2.33. The molecule has 0 unspecified atom stereocenters. The van der Waals surface area contributed by atoms with Gasteiger partial charge < -0.3 is 0 Å². The molecule has 0 saturated heterocycles. The minimum absolute atomic E-state index is 0.00130. The van der Waals surface area contributed by atoms with E-state index in [1.165, 1.54) is 0 Å². The fourth-order valence-electron chi connectivity index (χ4n) is 0.582. The Morgan fingerprint density at radius 1 is 1.14 bits per heavy atom. The van der Waals surface area contributed by atoms with Gasteiger partial charge in [-0.3, -0.25) is 0 Å². The number of hydrogen-bond donors (Lipinski definition) is 0. The molecule has 1 aromatic heterocycles. The van der Waals surface area contributed by atoms with Gasteiger partial charge in [-0.25, -0.2) is 0 Å². The highest BCUT2D eigenvalue weighted by atomic mass is 32.1. The highest BCUT2D eigenvalue weighted by molar-refractivity contribution is 7.11. The lowest BCUT2D eigenvalue weighted by molar-refractivity contribution is -0.138. The molecule has 1 aromatic rings. The third-order valence-electron chi connectivity index (χ3n) is 1.18. The molecule has 0 aliphatic heterocycles. The van der Waals surface area contributed by atoms with Gasteiger partial charge in [0.25, 0.3) is 0 Å². The molecule has 0 saturated carbocycles. The van der Waals surface area contributed by atoms with Crippen molar-refractivity contribution < 1.29 is 13.2 Å². The molecule has 0 atom stereocenters. The van der Waals surface area contributed by atoms with Crippen LogP contribution in [0.3, 0.4) is 0 Å². The molecule has 0 amide bonds. The van der Waals surface area contributed by atoms with E-state index in [9.17, 15) is 13.2 Å². The van der Waals surface area contributed by atoms with E-state index >= 15 is 0 Å². The maximum atomic E-state index is 12.0. The van der Waals surface area contributed by atoms with Crippen LogP contribution in [0.5, 0.6) is 0 Å². The van der Waals surface area contributed by atoms with Crippen molar-refractivity contribution in [3.63, 3.8) is 0 Å². The summed E-state index contributed by atoms with van der Waals surface area (Å²) in [6.07, 6.45) is -4.36. The molecule has 0 bridgehead atoms. The maximum absolute atomic E-state index is 12.0. The number of nitrogens with zero attached hydrogens (tertiary/aromatic N) is 2. The molecular weight excluding hydrogens is 213 g/mol. The first-order valence-corrected chi connectivity index (χ1v) is 5.13. The van der Waals surface area contributed by atoms with Crippen LogP contribution in [0.2, 0.25) is 0 Å². The first-order valence-electron chi connectivity index (χ1n) is 4.32. The first kappa shape index (κ1) is 13.4. The molecule has 14 heavy (non-hydrogen) atoms. The zero-order chi connectivity index (χ0) is 11.4. The molecule has 0 aliphatic rings.